The number of nitrogens with one attached hydrogen (secondary N) is 1. The van der Waals surface area contributed by atoms with Crippen LogP contribution in [0.3, 0.4) is 0 Å². The summed E-state index contributed by atoms with van der Waals surface area (Å²) in [7, 11) is 0. The van der Waals surface area contributed by atoms with E-state index in [-0.39, 0.29) is 24.3 Å². The molecule has 162 valence electrons. The van der Waals surface area contributed by atoms with Gasteiger partial charge in [-0.1, -0.05) is 46.6 Å². The van der Waals surface area contributed by atoms with E-state index in [1.165, 1.54) is 0 Å². The highest BCUT2D eigenvalue weighted by Crippen LogP contribution is 2.52. The maximum Gasteiger partial charge on any atom is 0.244 e. The minimum atomic E-state index is -1.29. The molecule has 0 saturated carbocycles. The van der Waals surface area contributed by atoms with Gasteiger partial charge in [-0.25, -0.2) is 4.68 Å². The van der Waals surface area contributed by atoms with Crippen molar-refractivity contribution in [2.45, 2.75) is 24.8 Å². The van der Waals surface area contributed by atoms with Crippen LogP contribution in [0.4, 0.5) is 11.5 Å². The molecular formula is C23H19Cl2N5O2. The zero-order valence-electron chi connectivity index (χ0n) is 17.2. The number of aromatic nitrogens is 3. The lowest BCUT2D eigenvalue weighted by molar-refractivity contribution is -0.126. The van der Waals surface area contributed by atoms with Crippen molar-refractivity contribution < 1.29 is 9.59 Å². The molecule has 3 heterocycles. The Morgan fingerprint density at radius 2 is 1.91 bits per heavy atom. The Kier molecular flexibility index (Phi) is 4.83. The Hall–Kier alpha value is -3.16. The molecular weight excluding hydrogens is 449 g/mol. The molecule has 9 heteroatoms. The van der Waals surface area contributed by atoms with Crippen LogP contribution < -0.4 is 10.2 Å². The Morgan fingerprint density at radius 3 is 2.62 bits per heavy atom. The van der Waals surface area contributed by atoms with Crippen LogP contribution in [0.5, 0.6) is 0 Å². The molecule has 0 aliphatic carbocycles. The second-order valence-corrected chi connectivity index (χ2v) is 8.83. The average Bonchev–Trinajstić information content (AvgIpc) is 3.28. The predicted molar refractivity (Wildman–Crippen MR) is 123 cm³/mol. The van der Waals surface area contributed by atoms with Gasteiger partial charge in [-0.15, -0.1) is 11.7 Å². The SMILES string of the molecule is C=CCN1C(=O)[C@]2(CC(=O)Nc3c2nnn3C(C)c2ccc(Cl)cc2)c2cc(Cl)ccc21. The minimum Gasteiger partial charge on any atom is -0.309 e. The molecule has 2 aromatic carbocycles. The zero-order chi connectivity index (χ0) is 22.6. The molecule has 3 aromatic rings. The van der Waals surface area contributed by atoms with Gasteiger partial charge in [0.2, 0.25) is 11.8 Å². The molecule has 1 unspecified atom stereocenters. The molecule has 5 rings (SSSR count). The van der Waals surface area contributed by atoms with E-state index in [2.05, 4.69) is 22.2 Å². The number of hydrogen-bond acceptors (Lipinski definition) is 4. The van der Waals surface area contributed by atoms with E-state index in [0.29, 0.717) is 39.4 Å². The summed E-state index contributed by atoms with van der Waals surface area (Å²) < 4.78 is 1.63. The number of nitrogens with zero attached hydrogens (tertiary/aromatic N) is 4. The van der Waals surface area contributed by atoms with E-state index in [4.69, 9.17) is 23.2 Å². The summed E-state index contributed by atoms with van der Waals surface area (Å²) in [5.74, 6) is -0.121. The van der Waals surface area contributed by atoms with Gasteiger partial charge < -0.3 is 10.2 Å². The minimum absolute atomic E-state index is 0.0756. The van der Waals surface area contributed by atoms with Gasteiger partial charge in [0, 0.05) is 22.3 Å². The standard InChI is InChI=1S/C23H19Cl2N5O2/c1-3-10-29-18-9-8-16(25)11-17(18)23(22(29)32)12-19(31)26-21-20(23)27-28-30(21)13(2)14-4-6-15(24)7-5-14/h3-9,11,13H,1,10,12H2,2H3,(H,26,31)/t13?,23-/m1/s1. The summed E-state index contributed by atoms with van der Waals surface area (Å²) in [6, 6.07) is 12.4. The summed E-state index contributed by atoms with van der Waals surface area (Å²) in [4.78, 5) is 28.3. The Morgan fingerprint density at radius 1 is 1.19 bits per heavy atom. The van der Waals surface area contributed by atoms with Gasteiger partial charge in [0.05, 0.1) is 12.5 Å². The van der Waals surface area contributed by atoms with Gasteiger partial charge in [0.25, 0.3) is 0 Å². The predicted octanol–water partition coefficient (Wildman–Crippen LogP) is 4.36. The molecule has 0 saturated heterocycles. The summed E-state index contributed by atoms with van der Waals surface area (Å²) in [5, 5.41) is 12.8. The Bertz CT molecular complexity index is 1270. The molecule has 2 aliphatic rings. The van der Waals surface area contributed by atoms with Crippen LogP contribution in [0.25, 0.3) is 0 Å². The van der Waals surface area contributed by atoms with Crippen LogP contribution in [0, 0.1) is 0 Å². The summed E-state index contributed by atoms with van der Waals surface area (Å²) in [6.45, 7) is 6.02. The summed E-state index contributed by atoms with van der Waals surface area (Å²) in [5.41, 5.74) is 1.40. The van der Waals surface area contributed by atoms with Gasteiger partial charge in [0.15, 0.2) is 5.82 Å². The highest BCUT2D eigenvalue weighted by molar-refractivity contribution is 6.31. The number of carbonyl (C=O) groups is 2. The van der Waals surface area contributed by atoms with E-state index in [9.17, 15) is 9.59 Å². The summed E-state index contributed by atoms with van der Waals surface area (Å²) >= 11 is 12.3. The van der Waals surface area contributed by atoms with Crippen molar-refractivity contribution in [2.24, 2.45) is 0 Å². The molecule has 0 fully saturated rings. The van der Waals surface area contributed by atoms with Crippen LogP contribution in [-0.2, 0) is 15.0 Å². The molecule has 2 aliphatic heterocycles. The number of amides is 2. The van der Waals surface area contributed by atoms with Crippen molar-refractivity contribution in [2.75, 3.05) is 16.8 Å². The van der Waals surface area contributed by atoms with Crippen LogP contribution in [0.1, 0.15) is 36.2 Å². The number of halogens is 2. The number of anilines is 2. The highest BCUT2D eigenvalue weighted by Gasteiger charge is 2.58. The lowest BCUT2D eigenvalue weighted by atomic mass is 9.73. The van der Waals surface area contributed by atoms with Crippen molar-refractivity contribution in [3.05, 3.63) is 82.0 Å². The lowest BCUT2D eigenvalue weighted by Crippen LogP contribution is -2.47. The second kappa shape index (κ2) is 7.46. The van der Waals surface area contributed by atoms with Gasteiger partial charge in [-0.2, -0.15) is 0 Å². The van der Waals surface area contributed by atoms with Gasteiger partial charge in [0.1, 0.15) is 11.1 Å². The Balaban J connectivity index is 1.70. The van der Waals surface area contributed by atoms with Crippen molar-refractivity contribution in [3.8, 4) is 0 Å². The maximum absolute atomic E-state index is 13.8. The third-order valence-electron chi connectivity index (χ3n) is 6.13. The van der Waals surface area contributed by atoms with Crippen LogP contribution in [-0.4, -0.2) is 33.4 Å². The van der Waals surface area contributed by atoms with E-state index in [1.54, 1.807) is 46.0 Å². The first-order chi connectivity index (χ1) is 15.4. The first-order valence-corrected chi connectivity index (χ1v) is 10.9. The fourth-order valence-corrected chi connectivity index (χ4v) is 4.90. The third-order valence-corrected chi connectivity index (χ3v) is 6.62. The molecule has 1 N–H and O–H groups in total. The van der Waals surface area contributed by atoms with Crippen LogP contribution in [0.15, 0.2) is 55.1 Å². The molecule has 2 amide bonds. The smallest absolute Gasteiger partial charge is 0.244 e. The monoisotopic (exact) mass is 467 g/mol. The van der Waals surface area contributed by atoms with Gasteiger partial charge in [-0.3, -0.25) is 9.59 Å². The quantitative estimate of drug-likeness (QED) is 0.578. The first kappa shape index (κ1) is 20.7. The number of hydrogen-bond donors (Lipinski definition) is 1. The lowest BCUT2D eigenvalue weighted by Gasteiger charge is -2.31. The first-order valence-electron chi connectivity index (χ1n) is 10.1. The van der Waals surface area contributed by atoms with Gasteiger partial charge in [-0.05, 0) is 48.4 Å². The molecule has 0 bridgehead atoms. The molecule has 7 nitrogen and oxygen atoms in total. The number of carbonyl (C=O) groups excluding carboxylic acids is 2. The van der Waals surface area contributed by atoms with Crippen molar-refractivity contribution >= 4 is 46.5 Å². The molecule has 2 atom stereocenters. The van der Waals surface area contributed by atoms with Crippen molar-refractivity contribution in [1.29, 1.82) is 0 Å². The average molecular weight is 468 g/mol. The topological polar surface area (TPSA) is 80.1 Å². The largest absolute Gasteiger partial charge is 0.309 e. The normalized spacial score (nSPS) is 20.2. The van der Waals surface area contributed by atoms with Crippen LogP contribution >= 0.6 is 23.2 Å². The third kappa shape index (κ3) is 2.88. The zero-order valence-corrected chi connectivity index (χ0v) is 18.7. The molecule has 0 radical (unpaired) electrons. The molecule has 32 heavy (non-hydrogen) atoms. The van der Waals surface area contributed by atoms with E-state index in [0.717, 1.165) is 5.56 Å². The number of fused-ring (bicyclic) bond motifs is 4. The Labute approximate surface area is 194 Å². The maximum atomic E-state index is 13.8. The van der Waals surface area contributed by atoms with Crippen molar-refractivity contribution in [3.63, 3.8) is 0 Å². The number of rotatable bonds is 4. The fraction of sp³-hybridized carbons (Fsp3) is 0.217. The van der Waals surface area contributed by atoms with Gasteiger partial charge >= 0.3 is 0 Å². The molecule has 1 aromatic heterocycles. The second-order valence-electron chi connectivity index (χ2n) is 7.95. The fourth-order valence-electron chi connectivity index (χ4n) is 4.60. The molecule has 1 spiro atoms. The van der Waals surface area contributed by atoms with E-state index >= 15 is 0 Å². The highest BCUT2D eigenvalue weighted by atomic mass is 35.5. The van der Waals surface area contributed by atoms with E-state index in [1.807, 2.05) is 19.1 Å². The van der Waals surface area contributed by atoms with Crippen molar-refractivity contribution in [1.82, 2.24) is 15.0 Å². The van der Waals surface area contributed by atoms with E-state index < -0.39 is 5.41 Å². The van der Waals surface area contributed by atoms with Crippen LogP contribution in [0.2, 0.25) is 10.0 Å². The summed E-state index contributed by atoms with van der Waals surface area (Å²) in [6.07, 6.45) is 1.58. The number of benzene rings is 2.